The van der Waals surface area contributed by atoms with Crippen LogP contribution >= 0.6 is 0 Å². The summed E-state index contributed by atoms with van der Waals surface area (Å²) in [6, 6.07) is 12.4. The van der Waals surface area contributed by atoms with Crippen molar-refractivity contribution in [3.8, 4) is 0 Å². The Bertz CT molecular complexity index is 955. The minimum atomic E-state index is -2.59. The van der Waals surface area contributed by atoms with Crippen molar-refractivity contribution in [2.75, 3.05) is 22.1 Å². The predicted octanol–water partition coefficient (Wildman–Crippen LogP) is 0.389. The molecule has 0 bridgehead atoms. The normalized spacial score (nSPS) is 24.1. The van der Waals surface area contributed by atoms with Crippen LogP contribution in [0.5, 0.6) is 0 Å². The van der Waals surface area contributed by atoms with Gasteiger partial charge in [0.25, 0.3) is 0 Å². The van der Waals surface area contributed by atoms with Gasteiger partial charge in [-0.05, 0) is 0 Å². The van der Waals surface area contributed by atoms with Crippen molar-refractivity contribution in [3.63, 3.8) is 0 Å². The molecule has 2 unspecified atom stereocenters. The molecule has 0 saturated heterocycles. The number of alkyl halides is 5. The van der Waals surface area contributed by atoms with Crippen molar-refractivity contribution in [1.82, 2.24) is 20.3 Å². The fraction of sp³-hybridized carbons (Fsp3) is 0.478. The molecule has 4 N–H and O–H groups in total. The van der Waals surface area contributed by atoms with Gasteiger partial charge in [-0.2, -0.15) is 0 Å². The van der Waals surface area contributed by atoms with Crippen LogP contribution in [-0.4, -0.2) is 42.7 Å². The summed E-state index contributed by atoms with van der Waals surface area (Å²) >= 11 is -2.59. The number of hydrogen-bond donors (Lipinski definition) is 3. The molecule has 0 spiro atoms. The van der Waals surface area contributed by atoms with Crippen molar-refractivity contribution in [2.24, 2.45) is 5.73 Å². The van der Waals surface area contributed by atoms with Crippen molar-refractivity contribution in [3.05, 3.63) is 59.7 Å². The summed E-state index contributed by atoms with van der Waals surface area (Å²) in [5, 5.41) is 3.72. The summed E-state index contributed by atoms with van der Waals surface area (Å²) in [6.07, 6.45) is 4.55. The zero-order valence-electron chi connectivity index (χ0n) is 17.6. The number of nitrogens with zero attached hydrogens (tertiary/aromatic N) is 2. The molecule has 0 saturated carbocycles. The molecular formula is C23H32FIN5-. The van der Waals surface area contributed by atoms with Crippen LogP contribution < -0.4 is 29.5 Å². The number of aryl methyl sites for hydroxylation is 1. The number of para-hydroxylation sites is 2. The molecule has 5 nitrogen and oxygen atoms in total. The van der Waals surface area contributed by atoms with E-state index in [-0.39, 0.29) is 6.54 Å². The maximum atomic E-state index is 14.9. The molecule has 0 aliphatic carbocycles. The monoisotopic (exact) mass is 524 g/mol. The number of pyridine rings is 1. The van der Waals surface area contributed by atoms with Gasteiger partial charge in [-0.15, -0.1) is 0 Å². The molecule has 0 radical (unpaired) electrons. The average molecular weight is 524 g/mol. The van der Waals surface area contributed by atoms with Crippen molar-refractivity contribution in [1.29, 1.82) is 0 Å². The third kappa shape index (κ3) is 5.18. The van der Waals surface area contributed by atoms with Gasteiger partial charge in [0, 0.05) is 0 Å². The van der Waals surface area contributed by atoms with Gasteiger partial charge < -0.3 is 0 Å². The van der Waals surface area contributed by atoms with E-state index in [2.05, 4.69) is 22.4 Å². The Balaban J connectivity index is 1.69. The molecule has 7 heteroatoms. The van der Waals surface area contributed by atoms with Gasteiger partial charge in [0.15, 0.2) is 0 Å². The molecule has 30 heavy (non-hydrogen) atoms. The molecule has 4 rings (SSSR count). The summed E-state index contributed by atoms with van der Waals surface area (Å²) in [7, 11) is 0. The Morgan fingerprint density at radius 3 is 2.93 bits per heavy atom. The molecule has 0 fully saturated rings. The van der Waals surface area contributed by atoms with E-state index in [0.717, 1.165) is 54.1 Å². The summed E-state index contributed by atoms with van der Waals surface area (Å²) < 4.78 is 18.6. The van der Waals surface area contributed by atoms with Crippen LogP contribution in [0.15, 0.2) is 42.6 Å². The number of aromatic amines is 1. The molecule has 164 valence electrons. The van der Waals surface area contributed by atoms with Gasteiger partial charge in [0.05, 0.1) is 0 Å². The molecule has 3 heterocycles. The van der Waals surface area contributed by atoms with E-state index >= 15 is 0 Å². The van der Waals surface area contributed by atoms with E-state index in [1.165, 1.54) is 11.3 Å². The van der Waals surface area contributed by atoms with E-state index < -0.39 is 24.1 Å². The van der Waals surface area contributed by atoms with Crippen molar-refractivity contribution >= 4 is 11.0 Å². The van der Waals surface area contributed by atoms with E-state index in [0.29, 0.717) is 6.42 Å². The third-order valence-electron chi connectivity index (χ3n) is 5.86. The SMILES string of the molecule is CC(F)(CN)CC[I-]1(Cc2nc3ccccc3[nH]2)CNCCCc2cccnc2C1. The number of imidazole rings is 1. The van der Waals surface area contributed by atoms with E-state index in [1.54, 1.807) is 6.92 Å². The first-order chi connectivity index (χ1) is 14.5. The molecule has 1 aliphatic rings. The number of halogens is 2. The number of H-pyrrole nitrogens is 1. The Kier molecular flexibility index (Phi) is 6.69. The van der Waals surface area contributed by atoms with Crippen LogP contribution in [0, 0.1) is 0 Å². The van der Waals surface area contributed by atoms with Crippen LogP contribution in [0.25, 0.3) is 11.0 Å². The van der Waals surface area contributed by atoms with Crippen LogP contribution in [0.1, 0.15) is 36.8 Å². The van der Waals surface area contributed by atoms with Crippen LogP contribution in [0.3, 0.4) is 0 Å². The van der Waals surface area contributed by atoms with Gasteiger partial charge >= 0.3 is 182 Å². The first-order valence-corrected chi connectivity index (χ1v) is 16.7. The number of rotatable bonds is 6. The quantitative estimate of drug-likeness (QED) is 0.248. The Morgan fingerprint density at radius 1 is 1.23 bits per heavy atom. The zero-order chi connectivity index (χ0) is 21.0. The number of nitrogens with one attached hydrogen (secondary N) is 2. The second-order valence-corrected chi connectivity index (χ2v) is 18.3. The number of nitrogens with two attached hydrogens (primary N) is 1. The third-order valence-corrected chi connectivity index (χ3v) is 15.5. The van der Waals surface area contributed by atoms with E-state index in [1.807, 2.05) is 30.5 Å². The standard InChI is InChI=1S/C23H32FIN5/c1-23(24,16-26)10-11-25(15-22-29-19-8-2-3-9-20(19)30-22)14-21-18(7-5-13-28-21)6-4-12-27-17-25/h2-3,5,7-9,13,27H,4,6,10-12,14-17,26H2,1H3,(H,29,30)/q-1. The fourth-order valence-electron chi connectivity index (χ4n) is 3.94. The topological polar surface area (TPSA) is 79.6 Å². The van der Waals surface area contributed by atoms with Crippen LogP contribution in [-0.2, 0) is 15.3 Å². The van der Waals surface area contributed by atoms with E-state index in [4.69, 9.17) is 15.7 Å². The second-order valence-electron chi connectivity index (χ2n) is 8.50. The molecule has 1 aliphatic heterocycles. The van der Waals surface area contributed by atoms with Gasteiger partial charge in [-0.1, -0.05) is 0 Å². The van der Waals surface area contributed by atoms with Crippen molar-refractivity contribution < 1.29 is 22.8 Å². The Morgan fingerprint density at radius 2 is 2.10 bits per heavy atom. The molecule has 2 atom stereocenters. The Labute approximate surface area is 182 Å². The van der Waals surface area contributed by atoms with Gasteiger partial charge in [-0.25, -0.2) is 0 Å². The van der Waals surface area contributed by atoms with Crippen molar-refractivity contribution in [2.45, 2.75) is 40.7 Å². The second kappa shape index (κ2) is 9.28. The fourth-order valence-corrected chi connectivity index (χ4v) is 13.8. The van der Waals surface area contributed by atoms with Crippen LogP contribution in [0.2, 0.25) is 0 Å². The molecule has 0 amide bonds. The number of hydrogen-bond acceptors (Lipinski definition) is 4. The van der Waals surface area contributed by atoms with Gasteiger partial charge in [0.1, 0.15) is 0 Å². The Hall–Kier alpha value is -1.58. The molecule has 3 aromatic rings. The average Bonchev–Trinajstić information content (AvgIpc) is 3.18. The summed E-state index contributed by atoms with van der Waals surface area (Å²) in [4.78, 5) is 13.2. The summed E-state index contributed by atoms with van der Waals surface area (Å²) in [6.45, 7) is 2.69. The maximum absolute atomic E-state index is 14.9. The molecule has 2 aromatic heterocycles. The first kappa shape index (κ1) is 21.6. The number of fused-ring (bicyclic) bond motifs is 2. The van der Waals surface area contributed by atoms with E-state index in [9.17, 15) is 4.39 Å². The predicted molar refractivity (Wildman–Crippen MR) is 117 cm³/mol. The molecule has 1 aromatic carbocycles. The van der Waals surface area contributed by atoms with Crippen LogP contribution in [0.4, 0.5) is 4.39 Å². The summed E-state index contributed by atoms with van der Waals surface area (Å²) in [5.74, 6) is 1.03. The van der Waals surface area contributed by atoms with Gasteiger partial charge in [-0.3, -0.25) is 0 Å². The summed E-state index contributed by atoms with van der Waals surface area (Å²) in [5.41, 5.74) is 9.02. The van der Waals surface area contributed by atoms with Gasteiger partial charge in [0.2, 0.25) is 0 Å². The first-order valence-electron chi connectivity index (χ1n) is 10.6. The number of aromatic nitrogens is 3. The number of benzene rings is 1. The molecular weight excluding hydrogens is 492 g/mol. The minimum absolute atomic E-state index is 0.0665. The zero-order valence-corrected chi connectivity index (χ0v) is 19.8.